The third-order valence-electron chi connectivity index (χ3n) is 5.04. The van der Waals surface area contributed by atoms with Crippen LogP contribution in [0.2, 0.25) is 0 Å². The fourth-order valence-corrected chi connectivity index (χ4v) is 3.65. The molecule has 4 rings (SSSR count). The van der Waals surface area contributed by atoms with Crippen molar-refractivity contribution in [1.82, 2.24) is 15.1 Å². The Morgan fingerprint density at radius 3 is 2.09 bits per heavy atom. The Morgan fingerprint density at radius 1 is 0.765 bits per heavy atom. The molecule has 0 aliphatic carbocycles. The first-order valence-corrected chi connectivity index (χ1v) is 11.5. The highest BCUT2D eigenvalue weighted by atomic mass is 16.5. The maximum absolute atomic E-state index is 5.82. The van der Waals surface area contributed by atoms with Gasteiger partial charge in [-0.3, -0.25) is 0 Å². The third kappa shape index (κ3) is 4.76. The van der Waals surface area contributed by atoms with Crippen LogP contribution in [0.15, 0.2) is 40.9 Å². The lowest BCUT2D eigenvalue weighted by atomic mass is 10.1. The zero-order chi connectivity index (χ0) is 24.1. The van der Waals surface area contributed by atoms with Crippen LogP contribution in [0, 0.1) is 6.92 Å². The largest absolute Gasteiger partial charge is 0.490 e. The van der Waals surface area contributed by atoms with E-state index in [9.17, 15) is 0 Å². The Bertz CT molecular complexity index is 1260. The molecular formula is C26H29N3O5. The van der Waals surface area contributed by atoms with E-state index in [2.05, 4.69) is 21.2 Å². The lowest BCUT2D eigenvalue weighted by Gasteiger charge is -2.16. The monoisotopic (exact) mass is 463 g/mol. The second-order valence-corrected chi connectivity index (χ2v) is 7.49. The first-order valence-electron chi connectivity index (χ1n) is 11.5. The molecule has 0 amide bonds. The SMILES string of the molecule is CCOc1cc(-c2nc(-c3cc4cc(C)ccc4nc3OCC)no2)cc(OCC)c1OCC. The Morgan fingerprint density at radius 2 is 1.44 bits per heavy atom. The van der Waals surface area contributed by atoms with Gasteiger partial charge in [-0.1, -0.05) is 16.8 Å². The molecule has 2 aromatic carbocycles. The van der Waals surface area contributed by atoms with Crippen LogP contribution in [-0.2, 0) is 0 Å². The summed E-state index contributed by atoms with van der Waals surface area (Å²) in [5.74, 6) is 2.85. The number of aryl methyl sites for hydroxylation is 1. The molecule has 0 atom stereocenters. The molecule has 0 radical (unpaired) electrons. The summed E-state index contributed by atoms with van der Waals surface area (Å²) in [4.78, 5) is 9.32. The Balaban J connectivity index is 1.80. The molecular weight excluding hydrogens is 434 g/mol. The summed E-state index contributed by atoms with van der Waals surface area (Å²) in [5, 5.41) is 5.20. The number of hydrogen-bond acceptors (Lipinski definition) is 8. The van der Waals surface area contributed by atoms with Crippen molar-refractivity contribution in [2.45, 2.75) is 34.6 Å². The first kappa shape index (κ1) is 23.4. The van der Waals surface area contributed by atoms with Crippen molar-refractivity contribution < 1.29 is 23.5 Å². The average Bonchev–Trinajstić information content (AvgIpc) is 3.31. The topological polar surface area (TPSA) is 88.7 Å². The van der Waals surface area contributed by atoms with Crippen molar-refractivity contribution in [2.24, 2.45) is 0 Å². The molecule has 2 heterocycles. The summed E-state index contributed by atoms with van der Waals surface area (Å²) < 4.78 is 28.9. The van der Waals surface area contributed by atoms with Gasteiger partial charge in [-0.2, -0.15) is 4.98 Å². The molecule has 0 unspecified atom stereocenters. The molecule has 0 spiro atoms. The predicted octanol–water partition coefficient (Wildman–Crippen LogP) is 5.86. The normalized spacial score (nSPS) is 11.0. The summed E-state index contributed by atoms with van der Waals surface area (Å²) in [6.45, 7) is 11.6. The van der Waals surface area contributed by atoms with Gasteiger partial charge in [0.05, 0.1) is 37.5 Å². The van der Waals surface area contributed by atoms with Gasteiger partial charge < -0.3 is 23.5 Å². The zero-order valence-corrected chi connectivity index (χ0v) is 20.2. The second kappa shape index (κ2) is 10.4. The van der Waals surface area contributed by atoms with E-state index < -0.39 is 0 Å². The van der Waals surface area contributed by atoms with E-state index in [1.807, 2.05) is 65.0 Å². The molecule has 34 heavy (non-hydrogen) atoms. The van der Waals surface area contributed by atoms with Crippen LogP contribution in [-0.4, -0.2) is 41.6 Å². The fourth-order valence-electron chi connectivity index (χ4n) is 3.65. The van der Waals surface area contributed by atoms with Gasteiger partial charge in [-0.25, -0.2) is 4.98 Å². The molecule has 0 saturated heterocycles. The summed E-state index contributed by atoms with van der Waals surface area (Å²) in [5.41, 5.74) is 3.31. The molecule has 8 heteroatoms. The van der Waals surface area contributed by atoms with Crippen LogP contribution in [0.3, 0.4) is 0 Å². The van der Waals surface area contributed by atoms with Gasteiger partial charge in [0.15, 0.2) is 11.5 Å². The van der Waals surface area contributed by atoms with Crippen molar-refractivity contribution in [3.8, 4) is 46.0 Å². The fraction of sp³-hybridized carbons (Fsp3) is 0.346. The molecule has 4 aromatic rings. The van der Waals surface area contributed by atoms with Gasteiger partial charge in [-0.15, -0.1) is 0 Å². The van der Waals surface area contributed by atoms with E-state index >= 15 is 0 Å². The highest BCUT2D eigenvalue weighted by Gasteiger charge is 2.21. The number of hydrogen-bond donors (Lipinski definition) is 0. The van der Waals surface area contributed by atoms with Crippen LogP contribution >= 0.6 is 0 Å². The number of aromatic nitrogens is 3. The van der Waals surface area contributed by atoms with Gasteiger partial charge in [0, 0.05) is 10.9 Å². The maximum Gasteiger partial charge on any atom is 0.258 e. The quantitative estimate of drug-likeness (QED) is 0.289. The summed E-state index contributed by atoms with van der Waals surface area (Å²) in [7, 11) is 0. The van der Waals surface area contributed by atoms with Crippen molar-refractivity contribution in [1.29, 1.82) is 0 Å². The summed E-state index contributed by atoms with van der Waals surface area (Å²) >= 11 is 0. The zero-order valence-electron chi connectivity index (χ0n) is 20.2. The van der Waals surface area contributed by atoms with Gasteiger partial charge in [-0.05, 0) is 65.0 Å². The molecule has 0 aliphatic heterocycles. The molecule has 2 aromatic heterocycles. The molecule has 0 bridgehead atoms. The number of nitrogens with zero attached hydrogens (tertiary/aromatic N) is 3. The maximum atomic E-state index is 5.82. The number of ether oxygens (including phenoxy) is 4. The number of rotatable bonds is 10. The van der Waals surface area contributed by atoms with Gasteiger partial charge >= 0.3 is 0 Å². The molecule has 0 aliphatic rings. The van der Waals surface area contributed by atoms with Crippen LogP contribution in [0.25, 0.3) is 33.7 Å². The summed E-state index contributed by atoms with van der Waals surface area (Å²) in [6, 6.07) is 11.7. The van der Waals surface area contributed by atoms with Crippen molar-refractivity contribution in [3.05, 3.63) is 42.0 Å². The Labute approximate surface area is 198 Å². The Kier molecular flexibility index (Phi) is 7.15. The van der Waals surface area contributed by atoms with Crippen molar-refractivity contribution in [2.75, 3.05) is 26.4 Å². The minimum atomic E-state index is 0.326. The lowest BCUT2D eigenvalue weighted by molar-refractivity contribution is 0.261. The third-order valence-corrected chi connectivity index (χ3v) is 5.04. The number of benzene rings is 2. The average molecular weight is 464 g/mol. The van der Waals surface area contributed by atoms with E-state index in [0.717, 1.165) is 16.5 Å². The smallest absolute Gasteiger partial charge is 0.258 e. The van der Waals surface area contributed by atoms with Gasteiger partial charge in [0.2, 0.25) is 17.5 Å². The highest BCUT2D eigenvalue weighted by Crippen LogP contribution is 2.42. The van der Waals surface area contributed by atoms with Crippen molar-refractivity contribution >= 4 is 10.9 Å². The first-order chi connectivity index (χ1) is 16.6. The van der Waals surface area contributed by atoms with Crippen LogP contribution < -0.4 is 18.9 Å². The molecule has 178 valence electrons. The second-order valence-electron chi connectivity index (χ2n) is 7.49. The van der Waals surface area contributed by atoms with E-state index in [0.29, 0.717) is 72.4 Å². The van der Waals surface area contributed by atoms with Gasteiger partial charge in [0.1, 0.15) is 0 Å². The van der Waals surface area contributed by atoms with E-state index in [1.165, 1.54) is 0 Å². The Hall–Kier alpha value is -3.81. The minimum absolute atomic E-state index is 0.326. The van der Waals surface area contributed by atoms with Gasteiger partial charge in [0.25, 0.3) is 5.89 Å². The number of pyridine rings is 1. The molecule has 0 N–H and O–H groups in total. The van der Waals surface area contributed by atoms with Crippen LogP contribution in [0.1, 0.15) is 33.3 Å². The predicted molar refractivity (Wildman–Crippen MR) is 130 cm³/mol. The van der Waals surface area contributed by atoms with E-state index in [4.69, 9.17) is 23.5 Å². The van der Waals surface area contributed by atoms with E-state index in [1.54, 1.807) is 0 Å². The molecule has 0 fully saturated rings. The standard InChI is InChI=1S/C26H29N3O5/c1-6-30-21-14-18(15-22(31-7-2)23(21)32-8-3)25-28-24(29-34-25)19-13-17-12-16(5)10-11-20(17)27-26(19)33-9-4/h10-15H,6-9H2,1-5H3. The molecule has 8 nitrogen and oxygen atoms in total. The van der Waals surface area contributed by atoms with Crippen LogP contribution in [0.4, 0.5) is 0 Å². The summed E-state index contributed by atoms with van der Waals surface area (Å²) in [6.07, 6.45) is 0. The lowest BCUT2D eigenvalue weighted by Crippen LogP contribution is -2.03. The van der Waals surface area contributed by atoms with E-state index in [-0.39, 0.29) is 0 Å². The highest BCUT2D eigenvalue weighted by molar-refractivity contribution is 5.85. The number of fused-ring (bicyclic) bond motifs is 1. The molecule has 0 saturated carbocycles. The van der Waals surface area contributed by atoms with Crippen molar-refractivity contribution in [3.63, 3.8) is 0 Å². The minimum Gasteiger partial charge on any atom is -0.490 e. The van der Waals surface area contributed by atoms with Crippen LogP contribution in [0.5, 0.6) is 23.1 Å².